The molecule has 0 aliphatic rings. The van der Waals surface area contributed by atoms with Crippen molar-refractivity contribution in [1.29, 1.82) is 0 Å². The van der Waals surface area contributed by atoms with Crippen LogP contribution < -0.4 is 9.81 Å². The summed E-state index contributed by atoms with van der Waals surface area (Å²) in [6.07, 6.45) is 0. The van der Waals surface area contributed by atoms with Crippen LogP contribution >= 0.6 is 17.0 Å². The molecule has 0 spiro atoms. The number of hydrogen-bond acceptors (Lipinski definition) is 0. The van der Waals surface area contributed by atoms with Crippen LogP contribution in [0.2, 0.25) is 0 Å². The van der Waals surface area contributed by atoms with Crippen LogP contribution in [0.4, 0.5) is 0 Å². The normalized spacial score (nSPS) is 13.2. The Morgan fingerprint density at radius 3 is 0.733 bits per heavy atom. The van der Waals surface area contributed by atoms with Crippen molar-refractivity contribution in [3.63, 3.8) is 0 Å². The van der Waals surface area contributed by atoms with Crippen LogP contribution in [0.3, 0.4) is 0 Å². The summed E-state index contributed by atoms with van der Waals surface area (Å²) in [5.74, 6) is 0. The maximum atomic E-state index is 8.14. The number of benzene rings is 3. The van der Waals surface area contributed by atoms with Gasteiger partial charge >= 0.3 is 192 Å². The van der Waals surface area contributed by atoms with Gasteiger partial charge in [0.15, 0.2) is 0 Å². The topological polar surface area (TPSA) is 0 Å². The first kappa shape index (κ1) is 23.8. The van der Waals surface area contributed by atoms with Crippen LogP contribution in [0.1, 0.15) is 50.1 Å². The van der Waals surface area contributed by atoms with Gasteiger partial charge in [0.25, 0.3) is 0 Å². The van der Waals surface area contributed by atoms with Gasteiger partial charge in [0, 0.05) is 0 Å². The predicted octanol–water partition coefficient (Wildman–Crippen LogP) is 6.36. The number of hydrogen-bond donors (Lipinski definition) is 0. The molecule has 0 heterocycles. The Bertz CT molecular complexity index is 956. The molecule has 30 heavy (non-hydrogen) atoms. The second-order valence-electron chi connectivity index (χ2n) is 9.15. The van der Waals surface area contributed by atoms with Gasteiger partial charge in [-0.1, -0.05) is 0 Å². The van der Waals surface area contributed by atoms with Gasteiger partial charge in [0.1, 0.15) is 0 Å². The molecule has 0 nitrogen and oxygen atoms in total. The van der Waals surface area contributed by atoms with Gasteiger partial charge in [-0.15, -0.1) is 0 Å². The molecular weight excluding hydrogens is 604 g/mol. The third-order valence-corrected chi connectivity index (χ3v) is 32.4. The van der Waals surface area contributed by atoms with E-state index >= 15 is 0 Å². The van der Waals surface area contributed by atoms with Gasteiger partial charge in [-0.25, -0.2) is 0 Å². The average molecular weight is 637 g/mol. The summed E-state index contributed by atoms with van der Waals surface area (Å²) >= 11 is -5.08. The molecule has 0 saturated carbocycles. The zero-order valence-corrected chi connectivity index (χ0v) is 24.7. The fourth-order valence-electron chi connectivity index (χ4n) is 5.71. The first-order chi connectivity index (χ1) is 13.8. The Morgan fingerprint density at radius 2 is 0.567 bits per heavy atom. The SMILES string of the molecule is Cc1cc(C)[c]([Bi]([Cl])([Cl])([c]2c(C)cc(C)cc2C)[c]2c(C)cc(C)cc2C)c(C)c1. The monoisotopic (exact) mass is 636 g/mol. The molecule has 3 aromatic rings. The third kappa shape index (κ3) is 3.66. The summed E-state index contributed by atoms with van der Waals surface area (Å²) in [5, 5.41) is 0. The van der Waals surface area contributed by atoms with E-state index in [1.54, 1.807) is 0 Å². The molecule has 0 aromatic heterocycles. The molecule has 0 unspecified atom stereocenters. The second kappa shape index (κ2) is 7.92. The Morgan fingerprint density at radius 1 is 0.400 bits per heavy atom. The van der Waals surface area contributed by atoms with Gasteiger partial charge in [-0.2, -0.15) is 0 Å². The molecule has 3 rings (SSSR count). The van der Waals surface area contributed by atoms with E-state index in [0.717, 1.165) is 0 Å². The van der Waals surface area contributed by atoms with Gasteiger partial charge in [0.05, 0.1) is 0 Å². The number of aryl methyl sites for hydroxylation is 9. The van der Waals surface area contributed by atoms with E-state index in [2.05, 4.69) is 98.7 Å². The Hall–Kier alpha value is -0.877. The van der Waals surface area contributed by atoms with Crippen molar-refractivity contribution in [2.24, 2.45) is 0 Å². The molecule has 0 aliphatic heterocycles. The first-order valence-corrected chi connectivity index (χ1v) is 24.2. The number of halogens is 2. The molecule has 3 aromatic carbocycles. The fraction of sp³-hybridized carbons (Fsp3) is 0.333. The molecule has 0 radical (unpaired) electrons. The van der Waals surface area contributed by atoms with E-state index in [0.29, 0.717) is 0 Å². The third-order valence-electron chi connectivity index (χ3n) is 6.08. The maximum absolute atomic E-state index is 8.14. The fourth-order valence-corrected chi connectivity index (χ4v) is 38.3. The van der Waals surface area contributed by atoms with Gasteiger partial charge in [-0.05, 0) is 0 Å². The summed E-state index contributed by atoms with van der Waals surface area (Å²) in [6, 6.07) is 13.4. The van der Waals surface area contributed by atoms with E-state index in [1.807, 2.05) is 0 Å². The van der Waals surface area contributed by atoms with E-state index in [-0.39, 0.29) is 0 Å². The molecule has 3 heteroatoms. The molecule has 0 aliphatic carbocycles. The number of rotatable bonds is 3. The summed E-state index contributed by atoms with van der Waals surface area (Å²) in [5.41, 5.74) is 10.9. The van der Waals surface area contributed by atoms with Crippen LogP contribution in [0.25, 0.3) is 0 Å². The van der Waals surface area contributed by atoms with Crippen molar-refractivity contribution in [1.82, 2.24) is 0 Å². The molecule has 0 saturated heterocycles. The van der Waals surface area contributed by atoms with Crippen LogP contribution in [0.5, 0.6) is 0 Å². The standard InChI is InChI=1S/3C9H11.Bi.2ClH/c3*1-7-4-8(2)6-9(3)5-7;;;/h3*4-5H,1-3H3;;2*1H/q;;;+2;;/p-2. The van der Waals surface area contributed by atoms with Gasteiger partial charge in [-0.3, -0.25) is 0 Å². The van der Waals surface area contributed by atoms with E-state index in [1.165, 1.54) is 59.9 Å². The van der Waals surface area contributed by atoms with Crippen molar-refractivity contribution < 1.29 is 0 Å². The summed E-state index contributed by atoms with van der Waals surface area (Å²) < 4.78 is 3.54. The van der Waals surface area contributed by atoms with Crippen LogP contribution in [0.15, 0.2) is 36.4 Å². The van der Waals surface area contributed by atoms with Crippen LogP contribution in [0, 0.1) is 62.3 Å². The van der Waals surface area contributed by atoms with Crippen molar-refractivity contribution in [2.45, 2.75) is 62.3 Å². The predicted molar refractivity (Wildman–Crippen MR) is 138 cm³/mol. The Labute approximate surface area is 190 Å². The van der Waals surface area contributed by atoms with E-state index in [9.17, 15) is 0 Å². The van der Waals surface area contributed by atoms with Crippen molar-refractivity contribution in [2.75, 3.05) is 0 Å². The van der Waals surface area contributed by atoms with Crippen molar-refractivity contribution in [3.8, 4) is 0 Å². The molecule has 0 bridgehead atoms. The molecule has 0 fully saturated rings. The van der Waals surface area contributed by atoms with E-state index < -0.39 is 16.4 Å². The van der Waals surface area contributed by atoms with Crippen LogP contribution in [-0.4, -0.2) is 16.4 Å². The van der Waals surface area contributed by atoms with E-state index in [4.69, 9.17) is 17.0 Å². The quantitative estimate of drug-likeness (QED) is 0.294. The second-order valence-corrected chi connectivity index (χ2v) is 34.8. The average Bonchev–Trinajstić information content (AvgIpc) is 2.50. The first-order valence-electron chi connectivity index (χ1n) is 10.5. The minimum absolute atomic E-state index is 1.18. The molecule has 160 valence electrons. The Balaban J connectivity index is 2.66. The van der Waals surface area contributed by atoms with Crippen LogP contribution in [-0.2, 0) is 0 Å². The molecule has 0 N–H and O–H groups in total. The van der Waals surface area contributed by atoms with Crippen molar-refractivity contribution >= 4 is 43.2 Å². The van der Waals surface area contributed by atoms with Gasteiger partial charge in [0.2, 0.25) is 0 Å². The summed E-state index contributed by atoms with van der Waals surface area (Å²) in [7, 11) is 16.3. The zero-order valence-electron chi connectivity index (χ0n) is 19.7. The van der Waals surface area contributed by atoms with Gasteiger partial charge < -0.3 is 0 Å². The molecule has 0 atom stereocenters. The minimum atomic E-state index is -5.08. The zero-order chi connectivity index (χ0) is 22.6. The molecular formula is C27H33BiCl2. The summed E-state index contributed by atoms with van der Waals surface area (Å²) in [6.45, 7) is 19.5. The summed E-state index contributed by atoms with van der Waals surface area (Å²) in [4.78, 5) is 0. The van der Waals surface area contributed by atoms with Crippen molar-refractivity contribution in [3.05, 3.63) is 86.5 Å². The molecule has 0 amide bonds. The Kier molecular flexibility index (Phi) is 6.27.